The van der Waals surface area contributed by atoms with Crippen molar-refractivity contribution >= 4 is 9.53 Å². The van der Waals surface area contributed by atoms with E-state index in [1.165, 1.54) is 24.8 Å². The van der Waals surface area contributed by atoms with Gasteiger partial charge >= 0.3 is 9.53 Å². The summed E-state index contributed by atoms with van der Waals surface area (Å²) in [5.74, 6) is 0. The molecule has 0 aromatic carbocycles. The van der Waals surface area contributed by atoms with E-state index in [0.29, 0.717) is 0 Å². The first-order valence-electron chi connectivity index (χ1n) is 4.85. The van der Waals surface area contributed by atoms with Crippen molar-refractivity contribution in [2.24, 2.45) is 0 Å². The molecule has 0 rings (SSSR count). The molecule has 86 valence electrons. The third kappa shape index (κ3) is 14.4. The van der Waals surface area contributed by atoms with Crippen molar-refractivity contribution in [2.45, 2.75) is 33.1 Å². The Balaban J connectivity index is 0. The number of hydrogen-bond acceptors (Lipinski definition) is 3. The van der Waals surface area contributed by atoms with E-state index in [9.17, 15) is 0 Å². The largest absolute Gasteiger partial charge is 0.483 e. The van der Waals surface area contributed by atoms with Crippen molar-refractivity contribution in [1.82, 2.24) is 0 Å². The van der Waals surface area contributed by atoms with E-state index in [0.717, 1.165) is 0 Å². The van der Waals surface area contributed by atoms with Gasteiger partial charge in [-0.15, -0.1) is 6.58 Å². The molecule has 0 aliphatic rings. The first-order valence-corrected chi connectivity index (χ1v) is 6.26. The van der Waals surface area contributed by atoms with Gasteiger partial charge in [-0.25, -0.2) is 0 Å². The van der Waals surface area contributed by atoms with Crippen LogP contribution in [0.15, 0.2) is 12.2 Å². The molecule has 0 bridgehead atoms. The van der Waals surface area contributed by atoms with Crippen molar-refractivity contribution in [3.8, 4) is 0 Å². The predicted molar refractivity (Wildman–Crippen MR) is 62.5 cm³/mol. The number of unbranched alkanes of at least 4 members (excludes halogenated alkanes) is 1. The highest BCUT2D eigenvalue weighted by Crippen LogP contribution is 2.01. The lowest BCUT2D eigenvalue weighted by Gasteiger charge is -2.05. The minimum atomic E-state index is -1.67. The minimum Gasteiger partial charge on any atom is -0.379 e. The number of rotatable bonds is 6. The number of allylic oxidation sites excluding steroid dienone is 1. The fourth-order valence-corrected chi connectivity index (χ4v) is 1.34. The molecule has 14 heavy (non-hydrogen) atoms. The van der Waals surface area contributed by atoms with Gasteiger partial charge in [-0.1, -0.05) is 18.9 Å². The van der Waals surface area contributed by atoms with E-state index in [4.69, 9.17) is 13.3 Å². The van der Waals surface area contributed by atoms with Crippen LogP contribution >= 0.6 is 0 Å². The molecule has 0 saturated carbocycles. The van der Waals surface area contributed by atoms with Gasteiger partial charge in [0.05, 0.1) is 0 Å². The van der Waals surface area contributed by atoms with Gasteiger partial charge in [-0.3, -0.25) is 0 Å². The van der Waals surface area contributed by atoms with Gasteiger partial charge in [0.1, 0.15) is 0 Å². The van der Waals surface area contributed by atoms with E-state index >= 15 is 0 Å². The summed E-state index contributed by atoms with van der Waals surface area (Å²) in [4.78, 5) is 0. The molecule has 4 heteroatoms. The smallest absolute Gasteiger partial charge is 0.379 e. The number of hydrogen-bond donors (Lipinski definition) is 0. The van der Waals surface area contributed by atoms with Crippen molar-refractivity contribution in [3.05, 3.63) is 12.2 Å². The molecule has 0 fully saturated rings. The van der Waals surface area contributed by atoms with E-state index in [1.807, 2.05) is 0 Å². The SMILES string of the molecule is C=C(C)CCCC.CO[SiH](OC)OC. The van der Waals surface area contributed by atoms with E-state index in [-0.39, 0.29) is 0 Å². The minimum absolute atomic E-state index is 1.20. The second kappa shape index (κ2) is 12.8. The third-order valence-electron chi connectivity index (χ3n) is 1.53. The zero-order chi connectivity index (χ0) is 11.4. The van der Waals surface area contributed by atoms with Crippen LogP contribution in [0.5, 0.6) is 0 Å². The average Bonchev–Trinajstić information content (AvgIpc) is 2.18. The highest BCUT2D eigenvalue weighted by Gasteiger charge is 2.04. The standard InChI is InChI=1S/C7H14.C3H10O3Si/c1-4-5-6-7(2)3;1-4-7(5-2)6-3/h2,4-6H2,1,3H3;7H,1-3H3. The summed E-state index contributed by atoms with van der Waals surface area (Å²) in [6, 6.07) is 0. The van der Waals surface area contributed by atoms with Crippen LogP contribution in [0.25, 0.3) is 0 Å². The lowest BCUT2D eigenvalue weighted by Crippen LogP contribution is -2.21. The first kappa shape index (κ1) is 16.3. The topological polar surface area (TPSA) is 27.7 Å². The summed E-state index contributed by atoms with van der Waals surface area (Å²) in [7, 11) is 3.05. The summed E-state index contributed by atoms with van der Waals surface area (Å²) < 4.78 is 14.2. The first-order chi connectivity index (χ1) is 6.62. The van der Waals surface area contributed by atoms with Crippen LogP contribution in [0.4, 0.5) is 0 Å². The van der Waals surface area contributed by atoms with Crippen molar-refractivity contribution in [1.29, 1.82) is 0 Å². The van der Waals surface area contributed by atoms with Crippen LogP contribution in [0.3, 0.4) is 0 Å². The molecule has 0 atom stereocenters. The molecule has 0 spiro atoms. The Labute approximate surface area is 90.0 Å². The van der Waals surface area contributed by atoms with Gasteiger partial charge in [0.25, 0.3) is 0 Å². The molecular weight excluding hydrogens is 196 g/mol. The second-order valence-corrected chi connectivity index (χ2v) is 5.05. The van der Waals surface area contributed by atoms with Gasteiger partial charge in [0.15, 0.2) is 0 Å². The highest BCUT2D eigenvalue weighted by atomic mass is 28.3. The molecule has 0 unspecified atom stereocenters. The maximum Gasteiger partial charge on any atom is 0.483 e. The van der Waals surface area contributed by atoms with E-state index in [1.54, 1.807) is 21.3 Å². The van der Waals surface area contributed by atoms with Gasteiger partial charge < -0.3 is 13.3 Å². The van der Waals surface area contributed by atoms with Crippen LogP contribution in [-0.2, 0) is 13.3 Å². The lowest BCUT2D eigenvalue weighted by molar-refractivity contribution is 0.163. The molecule has 0 aliphatic heterocycles. The van der Waals surface area contributed by atoms with Crippen LogP contribution in [-0.4, -0.2) is 30.9 Å². The summed E-state index contributed by atoms with van der Waals surface area (Å²) >= 11 is 0. The molecular formula is C10H24O3Si. The molecule has 0 N–H and O–H groups in total. The Morgan fingerprint density at radius 3 is 1.64 bits per heavy atom. The Bertz CT molecular complexity index is 119. The quantitative estimate of drug-likeness (QED) is 0.508. The van der Waals surface area contributed by atoms with Gasteiger partial charge in [0, 0.05) is 21.3 Å². The fourth-order valence-electron chi connectivity index (χ4n) is 0.767. The van der Waals surface area contributed by atoms with Crippen LogP contribution < -0.4 is 0 Å². The Kier molecular flexibility index (Phi) is 14.9. The highest BCUT2D eigenvalue weighted by molar-refractivity contribution is 6.36. The van der Waals surface area contributed by atoms with Crippen LogP contribution in [0, 0.1) is 0 Å². The normalized spacial score (nSPS) is 9.57. The Hall–Kier alpha value is -0.163. The maximum absolute atomic E-state index is 4.74. The molecule has 0 amide bonds. The Morgan fingerprint density at radius 2 is 1.57 bits per heavy atom. The molecule has 0 aromatic heterocycles. The van der Waals surface area contributed by atoms with Crippen molar-refractivity contribution in [2.75, 3.05) is 21.3 Å². The zero-order valence-electron chi connectivity index (χ0n) is 10.1. The summed E-state index contributed by atoms with van der Waals surface area (Å²) in [6.45, 7) is 8.07. The monoisotopic (exact) mass is 220 g/mol. The molecule has 0 heterocycles. The van der Waals surface area contributed by atoms with Crippen LogP contribution in [0.1, 0.15) is 33.1 Å². The average molecular weight is 220 g/mol. The van der Waals surface area contributed by atoms with Gasteiger partial charge in [0.2, 0.25) is 0 Å². The van der Waals surface area contributed by atoms with E-state index < -0.39 is 9.53 Å². The summed E-state index contributed by atoms with van der Waals surface area (Å²) in [6.07, 6.45) is 3.79. The predicted octanol–water partition coefficient (Wildman–Crippen LogP) is 2.40. The zero-order valence-corrected chi connectivity index (χ0v) is 11.3. The van der Waals surface area contributed by atoms with Crippen LogP contribution in [0.2, 0.25) is 0 Å². The van der Waals surface area contributed by atoms with Crippen molar-refractivity contribution in [3.63, 3.8) is 0 Å². The fraction of sp³-hybridized carbons (Fsp3) is 0.800. The molecule has 0 radical (unpaired) electrons. The molecule has 0 aliphatic carbocycles. The van der Waals surface area contributed by atoms with E-state index in [2.05, 4.69) is 20.4 Å². The Morgan fingerprint density at radius 1 is 1.14 bits per heavy atom. The molecule has 3 nitrogen and oxygen atoms in total. The van der Waals surface area contributed by atoms with Crippen molar-refractivity contribution < 1.29 is 13.3 Å². The summed E-state index contributed by atoms with van der Waals surface area (Å²) in [5.41, 5.74) is 1.31. The second-order valence-electron chi connectivity index (χ2n) is 3.06. The van der Waals surface area contributed by atoms with Gasteiger partial charge in [-0.2, -0.15) is 0 Å². The molecule has 0 saturated heterocycles. The van der Waals surface area contributed by atoms with Gasteiger partial charge in [-0.05, 0) is 19.8 Å². The summed E-state index contributed by atoms with van der Waals surface area (Å²) in [5, 5.41) is 0. The lowest BCUT2D eigenvalue weighted by atomic mass is 10.2. The third-order valence-corrected chi connectivity index (χ3v) is 2.69. The molecule has 0 aromatic rings. The maximum atomic E-state index is 4.74.